The maximum absolute atomic E-state index is 12.0. The number of aromatic amines is 1. The summed E-state index contributed by atoms with van der Waals surface area (Å²) in [5.41, 5.74) is 0. The van der Waals surface area contributed by atoms with Crippen LogP contribution in [0.15, 0.2) is 0 Å². The fraction of sp³-hybridized carbons (Fsp3) is 0.727. The van der Waals surface area contributed by atoms with Gasteiger partial charge in [-0.3, -0.25) is 9.89 Å². The zero-order valence-electron chi connectivity index (χ0n) is 11.2. The Labute approximate surface area is 102 Å². The molecule has 0 fully saturated rings. The molecule has 0 bridgehead atoms. The molecule has 17 heavy (non-hydrogen) atoms. The normalized spacial score (nSPS) is 11.2. The van der Waals surface area contributed by atoms with E-state index >= 15 is 0 Å². The minimum absolute atomic E-state index is 0.144. The largest absolute Gasteiger partial charge is 0.338 e. The molecule has 0 spiro atoms. The summed E-state index contributed by atoms with van der Waals surface area (Å²) in [4.78, 5) is 19.8. The van der Waals surface area contributed by atoms with Gasteiger partial charge in [0.2, 0.25) is 5.82 Å². The maximum atomic E-state index is 12.0. The highest BCUT2D eigenvalue weighted by Crippen LogP contribution is 2.08. The van der Waals surface area contributed by atoms with Crippen LogP contribution in [-0.2, 0) is 0 Å². The fourth-order valence-corrected chi connectivity index (χ4v) is 1.25. The molecule has 1 aromatic heterocycles. The Balaban J connectivity index is 2.61. The van der Waals surface area contributed by atoms with E-state index in [1.165, 1.54) is 0 Å². The lowest BCUT2D eigenvalue weighted by molar-refractivity contribution is 0.0774. The first-order valence-electron chi connectivity index (χ1n) is 5.74. The Morgan fingerprint density at radius 2 is 1.94 bits per heavy atom. The Kier molecular flexibility index (Phi) is 4.62. The highest BCUT2D eigenvalue weighted by molar-refractivity contribution is 5.90. The summed E-state index contributed by atoms with van der Waals surface area (Å²) in [7, 11) is 5.71. The van der Waals surface area contributed by atoms with E-state index in [1.807, 2.05) is 32.8 Å². The fourth-order valence-electron chi connectivity index (χ4n) is 1.25. The molecule has 1 amide bonds. The standard InChI is InChI=1S/C11H21N5O/c1-8(2)9-12-10(14-13-9)11(17)16(5)7-6-15(3)4/h8H,6-7H2,1-5H3,(H,12,13,14). The van der Waals surface area contributed by atoms with E-state index in [0.717, 1.165) is 12.4 Å². The van der Waals surface area contributed by atoms with E-state index in [0.29, 0.717) is 6.54 Å². The monoisotopic (exact) mass is 239 g/mol. The second-order valence-corrected chi connectivity index (χ2v) is 4.73. The number of aromatic nitrogens is 3. The summed E-state index contributed by atoms with van der Waals surface area (Å²) in [6, 6.07) is 0. The van der Waals surface area contributed by atoms with E-state index in [1.54, 1.807) is 11.9 Å². The molecule has 6 heteroatoms. The number of carbonyl (C=O) groups is 1. The number of H-pyrrole nitrogens is 1. The summed E-state index contributed by atoms with van der Waals surface area (Å²) in [6.45, 7) is 5.50. The van der Waals surface area contributed by atoms with E-state index in [9.17, 15) is 4.79 Å². The van der Waals surface area contributed by atoms with Gasteiger partial charge in [-0.05, 0) is 14.1 Å². The van der Waals surface area contributed by atoms with Crippen LogP contribution in [0, 0.1) is 0 Å². The third kappa shape index (κ3) is 3.81. The molecule has 0 saturated heterocycles. The molecule has 1 N–H and O–H groups in total. The lowest BCUT2D eigenvalue weighted by Gasteiger charge is -2.17. The van der Waals surface area contributed by atoms with Crippen molar-refractivity contribution < 1.29 is 4.79 Å². The Morgan fingerprint density at radius 1 is 1.29 bits per heavy atom. The zero-order chi connectivity index (χ0) is 13.0. The van der Waals surface area contributed by atoms with E-state index in [-0.39, 0.29) is 17.6 Å². The SMILES string of the molecule is CC(C)c1nc(C(=O)N(C)CCN(C)C)n[nH]1. The van der Waals surface area contributed by atoms with Crippen molar-refractivity contribution in [1.82, 2.24) is 25.0 Å². The van der Waals surface area contributed by atoms with Gasteiger partial charge in [0.15, 0.2) is 0 Å². The zero-order valence-corrected chi connectivity index (χ0v) is 11.2. The average molecular weight is 239 g/mol. The van der Waals surface area contributed by atoms with Gasteiger partial charge < -0.3 is 9.80 Å². The second kappa shape index (κ2) is 5.77. The van der Waals surface area contributed by atoms with Crippen molar-refractivity contribution in [3.05, 3.63) is 11.6 Å². The number of likely N-dealkylation sites (N-methyl/N-ethyl adjacent to an activating group) is 2. The van der Waals surface area contributed by atoms with Crippen LogP contribution in [0.5, 0.6) is 0 Å². The topological polar surface area (TPSA) is 65.1 Å². The van der Waals surface area contributed by atoms with Crippen LogP contribution < -0.4 is 0 Å². The van der Waals surface area contributed by atoms with Crippen LogP contribution in [-0.4, -0.2) is 65.1 Å². The van der Waals surface area contributed by atoms with E-state index in [2.05, 4.69) is 15.2 Å². The molecule has 6 nitrogen and oxygen atoms in total. The van der Waals surface area contributed by atoms with Gasteiger partial charge in [-0.2, -0.15) is 0 Å². The van der Waals surface area contributed by atoms with Crippen molar-refractivity contribution in [2.45, 2.75) is 19.8 Å². The minimum Gasteiger partial charge on any atom is -0.338 e. The van der Waals surface area contributed by atoms with Crippen molar-refractivity contribution in [1.29, 1.82) is 0 Å². The first-order valence-corrected chi connectivity index (χ1v) is 5.74. The first-order chi connectivity index (χ1) is 7.91. The number of hydrogen-bond donors (Lipinski definition) is 1. The van der Waals surface area contributed by atoms with E-state index < -0.39 is 0 Å². The predicted octanol–water partition coefficient (Wildman–Crippen LogP) is 0.562. The smallest absolute Gasteiger partial charge is 0.293 e. The Bertz CT molecular complexity index is 372. The average Bonchev–Trinajstić information content (AvgIpc) is 2.73. The van der Waals surface area contributed by atoms with Crippen LogP contribution in [0.2, 0.25) is 0 Å². The molecule has 0 unspecified atom stereocenters. The summed E-state index contributed by atoms with van der Waals surface area (Å²) in [5.74, 6) is 1.09. The molecule has 96 valence electrons. The number of hydrogen-bond acceptors (Lipinski definition) is 4. The lowest BCUT2D eigenvalue weighted by atomic mass is 10.2. The van der Waals surface area contributed by atoms with Gasteiger partial charge >= 0.3 is 0 Å². The molecule has 0 aromatic carbocycles. The van der Waals surface area contributed by atoms with Gasteiger partial charge in [0.05, 0.1) is 0 Å². The molecule has 0 aliphatic carbocycles. The van der Waals surface area contributed by atoms with Crippen LogP contribution in [0.4, 0.5) is 0 Å². The van der Waals surface area contributed by atoms with Gasteiger partial charge in [0.25, 0.3) is 5.91 Å². The molecular formula is C11H21N5O. The molecule has 0 aliphatic heterocycles. The molecule has 1 heterocycles. The third-order valence-electron chi connectivity index (χ3n) is 2.47. The summed E-state index contributed by atoms with van der Waals surface area (Å²) in [5, 5.41) is 6.73. The number of rotatable bonds is 5. The first kappa shape index (κ1) is 13.6. The number of carbonyl (C=O) groups excluding carboxylic acids is 1. The number of nitrogens with one attached hydrogen (secondary N) is 1. The molecule has 0 atom stereocenters. The summed E-state index contributed by atoms with van der Waals surface area (Å²) in [6.07, 6.45) is 0. The lowest BCUT2D eigenvalue weighted by Crippen LogP contribution is -2.34. The van der Waals surface area contributed by atoms with Crippen LogP contribution in [0.1, 0.15) is 36.2 Å². The predicted molar refractivity (Wildman–Crippen MR) is 66.0 cm³/mol. The molecular weight excluding hydrogens is 218 g/mol. The molecule has 0 saturated carbocycles. The Morgan fingerprint density at radius 3 is 2.41 bits per heavy atom. The maximum Gasteiger partial charge on any atom is 0.293 e. The number of nitrogens with zero attached hydrogens (tertiary/aromatic N) is 4. The van der Waals surface area contributed by atoms with Gasteiger partial charge in [-0.1, -0.05) is 13.8 Å². The second-order valence-electron chi connectivity index (χ2n) is 4.73. The molecule has 1 aromatic rings. The van der Waals surface area contributed by atoms with Gasteiger partial charge in [-0.25, -0.2) is 4.98 Å². The van der Waals surface area contributed by atoms with Gasteiger partial charge in [-0.15, -0.1) is 5.10 Å². The molecule has 0 aliphatic rings. The van der Waals surface area contributed by atoms with Crippen LogP contribution >= 0.6 is 0 Å². The molecule has 1 rings (SSSR count). The quantitative estimate of drug-likeness (QED) is 0.815. The minimum atomic E-state index is -0.144. The van der Waals surface area contributed by atoms with Gasteiger partial charge in [0.1, 0.15) is 5.82 Å². The van der Waals surface area contributed by atoms with Crippen molar-refractivity contribution in [2.75, 3.05) is 34.2 Å². The third-order valence-corrected chi connectivity index (χ3v) is 2.47. The van der Waals surface area contributed by atoms with Crippen molar-refractivity contribution in [3.63, 3.8) is 0 Å². The Hall–Kier alpha value is -1.43. The van der Waals surface area contributed by atoms with Crippen molar-refractivity contribution in [3.8, 4) is 0 Å². The highest BCUT2D eigenvalue weighted by Gasteiger charge is 2.17. The van der Waals surface area contributed by atoms with Crippen molar-refractivity contribution in [2.24, 2.45) is 0 Å². The number of amides is 1. The van der Waals surface area contributed by atoms with Crippen LogP contribution in [0.25, 0.3) is 0 Å². The summed E-state index contributed by atoms with van der Waals surface area (Å²) < 4.78 is 0. The van der Waals surface area contributed by atoms with Crippen molar-refractivity contribution >= 4 is 5.91 Å². The molecule has 0 radical (unpaired) electrons. The summed E-state index contributed by atoms with van der Waals surface area (Å²) >= 11 is 0. The van der Waals surface area contributed by atoms with E-state index in [4.69, 9.17) is 0 Å². The highest BCUT2D eigenvalue weighted by atomic mass is 16.2. The van der Waals surface area contributed by atoms with Crippen LogP contribution in [0.3, 0.4) is 0 Å². The van der Waals surface area contributed by atoms with Gasteiger partial charge in [0, 0.05) is 26.1 Å².